The molecular formula is C18H21IN2O3S. The SMILES string of the molecule is COc1cc(/C=C2/C(=O)N(C3CCCCC3)C(=S)N2C)cc(I)c1O. The number of aromatic hydroxyl groups is 1. The molecule has 1 aliphatic heterocycles. The lowest BCUT2D eigenvalue weighted by molar-refractivity contribution is -0.124. The highest BCUT2D eigenvalue weighted by Crippen LogP contribution is 2.35. The fourth-order valence-corrected chi connectivity index (χ4v) is 4.38. The number of carbonyl (C=O) groups excluding carboxylic acids is 1. The van der Waals surface area contributed by atoms with Gasteiger partial charge in [0.2, 0.25) is 0 Å². The monoisotopic (exact) mass is 472 g/mol. The van der Waals surface area contributed by atoms with E-state index >= 15 is 0 Å². The van der Waals surface area contributed by atoms with Gasteiger partial charge in [-0.15, -0.1) is 0 Å². The summed E-state index contributed by atoms with van der Waals surface area (Å²) in [6.45, 7) is 0. The lowest BCUT2D eigenvalue weighted by atomic mass is 9.94. The number of methoxy groups -OCH3 is 1. The van der Waals surface area contributed by atoms with E-state index in [2.05, 4.69) is 0 Å². The van der Waals surface area contributed by atoms with E-state index in [1.54, 1.807) is 15.9 Å². The molecule has 1 aromatic rings. The van der Waals surface area contributed by atoms with Crippen LogP contribution in [-0.2, 0) is 4.79 Å². The standard InChI is InChI=1S/C18H21IN2O3S/c1-20-14(9-11-8-13(19)16(22)15(10-11)24-2)17(23)21(18(20)25)12-6-4-3-5-7-12/h8-10,12,22H,3-7H2,1-2H3/b14-9-. The number of hydrogen-bond acceptors (Lipinski definition) is 4. The first kappa shape index (κ1) is 18.4. The number of carbonyl (C=O) groups is 1. The van der Waals surface area contributed by atoms with Crippen molar-refractivity contribution in [3.05, 3.63) is 27.0 Å². The van der Waals surface area contributed by atoms with Crippen molar-refractivity contribution in [3.8, 4) is 11.5 Å². The molecule has 3 rings (SSSR count). The van der Waals surface area contributed by atoms with Gasteiger partial charge in [-0.1, -0.05) is 19.3 Å². The Morgan fingerprint density at radius 2 is 2.00 bits per heavy atom. The minimum absolute atomic E-state index is 0.0403. The summed E-state index contributed by atoms with van der Waals surface area (Å²) in [6.07, 6.45) is 7.35. The van der Waals surface area contributed by atoms with E-state index in [0.717, 1.165) is 31.2 Å². The number of thiocarbonyl (C=S) groups is 1. The van der Waals surface area contributed by atoms with Crippen LogP contribution < -0.4 is 4.74 Å². The molecule has 1 amide bonds. The summed E-state index contributed by atoms with van der Waals surface area (Å²) in [7, 11) is 3.34. The first-order chi connectivity index (χ1) is 11.9. The Labute approximate surface area is 166 Å². The Morgan fingerprint density at radius 1 is 1.32 bits per heavy atom. The number of phenolic OH excluding ortho intramolecular Hbond substituents is 1. The zero-order valence-corrected chi connectivity index (χ0v) is 17.3. The summed E-state index contributed by atoms with van der Waals surface area (Å²) in [4.78, 5) is 16.5. The molecule has 1 N–H and O–H groups in total. The van der Waals surface area contributed by atoms with Gasteiger partial charge in [0.25, 0.3) is 5.91 Å². The molecule has 0 radical (unpaired) electrons. The highest BCUT2D eigenvalue weighted by Gasteiger charge is 2.40. The van der Waals surface area contributed by atoms with Crippen molar-refractivity contribution in [1.82, 2.24) is 9.80 Å². The van der Waals surface area contributed by atoms with Gasteiger partial charge < -0.3 is 14.7 Å². The summed E-state index contributed by atoms with van der Waals surface area (Å²) in [6, 6.07) is 3.74. The minimum atomic E-state index is -0.0403. The summed E-state index contributed by atoms with van der Waals surface area (Å²) in [5.41, 5.74) is 1.35. The Morgan fingerprint density at radius 3 is 2.64 bits per heavy atom. The van der Waals surface area contributed by atoms with Crippen LogP contribution in [0.25, 0.3) is 6.08 Å². The average Bonchev–Trinajstić information content (AvgIpc) is 2.82. The van der Waals surface area contributed by atoms with Gasteiger partial charge in [0.1, 0.15) is 5.70 Å². The van der Waals surface area contributed by atoms with Gasteiger partial charge in [0.15, 0.2) is 16.6 Å². The van der Waals surface area contributed by atoms with E-state index < -0.39 is 0 Å². The maximum atomic E-state index is 13.0. The molecule has 0 spiro atoms. The van der Waals surface area contributed by atoms with E-state index in [4.69, 9.17) is 17.0 Å². The summed E-state index contributed by atoms with van der Waals surface area (Å²) >= 11 is 7.58. The van der Waals surface area contributed by atoms with Crippen LogP contribution in [0.2, 0.25) is 0 Å². The second-order valence-corrected chi connectivity index (χ2v) is 7.92. The Balaban J connectivity index is 1.94. The van der Waals surface area contributed by atoms with Gasteiger partial charge in [-0.25, -0.2) is 0 Å². The van der Waals surface area contributed by atoms with Gasteiger partial charge in [0.05, 0.1) is 10.7 Å². The predicted octanol–water partition coefficient (Wildman–Crippen LogP) is 3.74. The largest absolute Gasteiger partial charge is 0.504 e. The second-order valence-electron chi connectivity index (χ2n) is 6.39. The van der Waals surface area contributed by atoms with Crippen molar-refractivity contribution in [3.63, 3.8) is 0 Å². The molecule has 0 unspecified atom stereocenters. The van der Waals surface area contributed by atoms with Gasteiger partial charge in [-0.05, 0) is 71.4 Å². The Hall–Kier alpha value is -1.35. The maximum absolute atomic E-state index is 13.0. The van der Waals surface area contributed by atoms with Crippen molar-refractivity contribution in [2.24, 2.45) is 0 Å². The molecule has 2 fully saturated rings. The quantitative estimate of drug-likeness (QED) is 0.413. The topological polar surface area (TPSA) is 53.0 Å². The third kappa shape index (κ3) is 3.48. The molecule has 0 aromatic heterocycles. The third-order valence-electron chi connectivity index (χ3n) is 4.81. The normalized spacial score (nSPS) is 20.7. The number of ether oxygens (including phenoxy) is 1. The summed E-state index contributed by atoms with van der Waals surface area (Å²) in [5.74, 6) is 0.454. The lowest BCUT2D eigenvalue weighted by Crippen LogP contribution is -2.41. The molecule has 5 nitrogen and oxygen atoms in total. The minimum Gasteiger partial charge on any atom is -0.504 e. The zero-order chi connectivity index (χ0) is 18.1. The van der Waals surface area contributed by atoms with Gasteiger partial charge >= 0.3 is 0 Å². The number of benzene rings is 1. The number of phenols is 1. The number of halogens is 1. The first-order valence-electron chi connectivity index (χ1n) is 8.33. The molecule has 7 heteroatoms. The van der Waals surface area contributed by atoms with Crippen molar-refractivity contribution in [1.29, 1.82) is 0 Å². The molecule has 1 saturated carbocycles. The van der Waals surface area contributed by atoms with Gasteiger partial charge in [-0.2, -0.15) is 0 Å². The first-order valence-corrected chi connectivity index (χ1v) is 9.82. The predicted molar refractivity (Wildman–Crippen MR) is 109 cm³/mol. The van der Waals surface area contributed by atoms with Crippen LogP contribution in [0.4, 0.5) is 0 Å². The van der Waals surface area contributed by atoms with Crippen LogP contribution in [0.1, 0.15) is 37.7 Å². The lowest BCUT2D eigenvalue weighted by Gasteiger charge is -2.30. The highest BCUT2D eigenvalue weighted by molar-refractivity contribution is 14.1. The number of nitrogens with zero attached hydrogens (tertiary/aromatic N) is 2. The van der Waals surface area contributed by atoms with Crippen LogP contribution >= 0.6 is 34.8 Å². The molecule has 1 heterocycles. The summed E-state index contributed by atoms with van der Waals surface area (Å²) < 4.78 is 5.87. The van der Waals surface area contributed by atoms with E-state index in [1.165, 1.54) is 13.5 Å². The molecular weight excluding hydrogens is 451 g/mol. The van der Waals surface area contributed by atoms with E-state index in [1.807, 2.05) is 41.8 Å². The van der Waals surface area contributed by atoms with Crippen LogP contribution in [-0.4, -0.2) is 46.1 Å². The molecule has 25 heavy (non-hydrogen) atoms. The van der Waals surface area contributed by atoms with Crippen LogP contribution in [0.5, 0.6) is 11.5 Å². The van der Waals surface area contributed by atoms with E-state index in [-0.39, 0.29) is 17.7 Å². The fourth-order valence-electron chi connectivity index (χ4n) is 3.43. The Bertz CT molecular complexity index is 744. The zero-order valence-electron chi connectivity index (χ0n) is 14.3. The van der Waals surface area contributed by atoms with Crippen LogP contribution in [0.15, 0.2) is 17.8 Å². The van der Waals surface area contributed by atoms with Crippen molar-refractivity contribution in [2.75, 3.05) is 14.2 Å². The average molecular weight is 472 g/mol. The number of hydrogen-bond donors (Lipinski definition) is 1. The molecule has 1 saturated heterocycles. The van der Waals surface area contributed by atoms with Crippen molar-refractivity contribution >= 4 is 51.9 Å². The molecule has 1 aliphatic carbocycles. The van der Waals surface area contributed by atoms with Crippen LogP contribution in [0, 0.1) is 3.57 Å². The molecule has 2 aliphatic rings. The second kappa shape index (κ2) is 7.49. The Kier molecular flexibility index (Phi) is 5.52. The van der Waals surface area contributed by atoms with Crippen LogP contribution in [0.3, 0.4) is 0 Å². The molecule has 0 atom stereocenters. The van der Waals surface area contributed by atoms with Gasteiger partial charge in [-0.3, -0.25) is 9.69 Å². The smallest absolute Gasteiger partial charge is 0.277 e. The number of rotatable bonds is 3. The highest BCUT2D eigenvalue weighted by atomic mass is 127. The number of likely N-dealkylation sites (N-methyl/N-ethyl adjacent to an activating group) is 1. The number of amides is 1. The van der Waals surface area contributed by atoms with E-state index in [9.17, 15) is 9.90 Å². The molecule has 134 valence electrons. The van der Waals surface area contributed by atoms with Crippen molar-refractivity contribution in [2.45, 2.75) is 38.1 Å². The fraction of sp³-hybridized carbons (Fsp3) is 0.444. The van der Waals surface area contributed by atoms with Gasteiger partial charge in [0, 0.05) is 13.1 Å². The summed E-state index contributed by atoms with van der Waals surface area (Å²) in [5, 5.41) is 10.6. The third-order valence-corrected chi connectivity index (χ3v) is 6.10. The molecule has 1 aromatic carbocycles. The maximum Gasteiger partial charge on any atom is 0.277 e. The van der Waals surface area contributed by atoms with E-state index in [0.29, 0.717) is 20.1 Å². The van der Waals surface area contributed by atoms with Crippen molar-refractivity contribution < 1.29 is 14.6 Å². The molecule has 0 bridgehead atoms.